The Hall–Kier alpha value is -1.68. The summed E-state index contributed by atoms with van der Waals surface area (Å²) in [7, 11) is 0. The molecule has 0 aliphatic heterocycles. The smallest absolute Gasteiger partial charge is 0.141 e. The highest BCUT2D eigenvalue weighted by Crippen LogP contribution is 2.28. The Morgan fingerprint density at radius 1 is 1.20 bits per heavy atom. The molecule has 0 saturated carbocycles. The van der Waals surface area contributed by atoms with Gasteiger partial charge in [0, 0.05) is 0 Å². The number of halogens is 2. The van der Waals surface area contributed by atoms with Crippen LogP contribution in [-0.4, -0.2) is 9.97 Å². The molecule has 0 saturated heterocycles. The Kier molecular flexibility index (Phi) is 2.51. The van der Waals surface area contributed by atoms with Crippen molar-refractivity contribution in [3.63, 3.8) is 0 Å². The molecule has 15 heavy (non-hydrogen) atoms. The molecular weight excluding hydrogens is 217 g/mol. The van der Waals surface area contributed by atoms with Gasteiger partial charge in [-0.1, -0.05) is 17.7 Å². The topological polar surface area (TPSA) is 51.8 Å². The van der Waals surface area contributed by atoms with E-state index in [1.807, 2.05) is 0 Å². The average Bonchev–Trinajstić information content (AvgIpc) is 2.20. The van der Waals surface area contributed by atoms with Gasteiger partial charge in [0.05, 0.1) is 28.7 Å². The van der Waals surface area contributed by atoms with Gasteiger partial charge < -0.3 is 5.73 Å². The summed E-state index contributed by atoms with van der Waals surface area (Å²) in [6, 6.07) is 4.45. The second kappa shape index (κ2) is 3.82. The molecule has 2 N–H and O–H groups in total. The third-order valence-electron chi connectivity index (χ3n) is 1.89. The highest BCUT2D eigenvalue weighted by molar-refractivity contribution is 6.33. The molecular formula is C10H7ClFN3. The zero-order chi connectivity index (χ0) is 10.8. The number of aromatic nitrogens is 2. The SMILES string of the molecule is Nc1cnc(-c2c(F)cccc2Cl)cn1. The van der Waals surface area contributed by atoms with Gasteiger partial charge in [-0.2, -0.15) is 0 Å². The van der Waals surface area contributed by atoms with E-state index in [0.717, 1.165) is 0 Å². The minimum Gasteiger partial charge on any atom is -0.382 e. The first-order valence-electron chi connectivity index (χ1n) is 4.20. The molecule has 0 fully saturated rings. The van der Waals surface area contributed by atoms with Gasteiger partial charge in [-0.3, -0.25) is 4.98 Å². The van der Waals surface area contributed by atoms with Gasteiger partial charge >= 0.3 is 0 Å². The molecule has 0 radical (unpaired) electrons. The van der Waals surface area contributed by atoms with Crippen LogP contribution in [0.2, 0.25) is 5.02 Å². The molecule has 76 valence electrons. The molecule has 0 spiro atoms. The van der Waals surface area contributed by atoms with Crippen LogP contribution in [0.4, 0.5) is 10.2 Å². The lowest BCUT2D eigenvalue weighted by atomic mass is 10.1. The lowest BCUT2D eigenvalue weighted by molar-refractivity contribution is 0.630. The van der Waals surface area contributed by atoms with Gasteiger partial charge in [0.2, 0.25) is 0 Å². The lowest BCUT2D eigenvalue weighted by Gasteiger charge is -2.04. The number of nitrogens with zero attached hydrogens (tertiary/aromatic N) is 2. The fraction of sp³-hybridized carbons (Fsp3) is 0. The Bertz CT molecular complexity index is 464. The molecule has 0 bridgehead atoms. The first-order valence-corrected chi connectivity index (χ1v) is 4.58. The molecule has 0 atom stereocenters. The van der Waals surface area contributed by atoms with Crippen LogP contribution >= 0.6 is 11.6 Å². The molecule has 2 rings (SSSR count). The number of hydrogen-bond donors (Lipinski definition) is 1. The maximum absolute atomic E-state index is 13.5. The van der Waals surface area contributed by atoms with Crippen molar-refractivity contribution in [1.82, 2.24) is 9.97 Å². The number of rotatable bonds is 1. The van der Waals surface area contributed by atoms with Crippen LogP contribution < -0.4 is 5.73 Å². The molecule has 1 heterocycles. The largest absolute Gasteiger partial charge is 0.382 e. The number of nitrogens with two attached hydrogens (primary N) is 1. The summed E-state index contributed by atoms with van der Waals surface area (Å²) < 4.78 is 13.5. The third-order valence-corrected chi connectivity index (χ3v) is 2.21. The van der Waals surface area contributed by atoms with Crippen LogP contribution in [0.1, 0.15) is 0 Å². The van der Waals surface area contributed by atoms with Gasteiger partial charge in [0.25, 0.3) is 0 Å². The van der Waals surface area contributed by atoms with Crippen molar-refractivity contribution in [1.29, 1.82) is 0 Å². The Morgan fingerprint density at radius 3 is 2.60 bits per heavy atom. The fourth-order valence-electron chi connectivity index (χ4n) is 1.21. The Balaban J connectivity index is 2.58. The summed E-state index contributed by atoms with van der Waals surface area (Å²) in [6.45, 7) is 0. The van der Waals surface area contributed by atoms with Crippen LogP contribution in [0, 0.1) is 5.82 Å². The van der Waals surface area contributed by atoms with E-state index in [0.29, 0.717) is 10.7 Å². The van der Waals surface area contributed by atoms with Gasteiger partial charge in [-0.05, 0) is 12.1 Å². The Labute approximate surface area is 90.7 Å². The van der Waals surface area contributed by atoms with E-state index in [9.17, 15) is 4.39 Å². The molecule has 0 amide bonds. The van der Waals surface area contributed by atoms with E-state index >= 15 is 0 Å². The third kappa shape index (κ3) is 1.89. The summed E-state index contributed by atoms with van der Waals surface area (Å²) in [5.41, 5.74) is 5.99. The van der Waals surface area contributed by atoms with Gasteiger partial charge in [-0.25, -0.2) is 9.37 Å². The highest BCUT2D eigenvalue weighted by Gasteiger charge is 2.10. The van der Waals surface area contributed by atoms with Crippen molar-refractivity contribution in [3.05, 3.63) is 41.4 Å². The van der Waals surface area contributed by atoms with Gasteiger partial charge in [0.1, 0.15) is 11.6 Å². The van der Waals surface area contributed by atoms with E-state index in [1.54, 1.807) is 6.07 Å². The van der Waals surface area contributed by atoms with Crippen molar-refractivity contribution in [2.75, 3.05) is 5.73 Å². The van der Waals surface area contributed by atoms with E-state index < -0.39 is 5.82 Å². The molecule has 1 aromatic heterocycles. The van der Waals surface area contributed by atoms with Gasteiger partial charge in [-0.15, -0.1) is 0 Å². The number of benzene rings is 1. The first kappa shape index (κ1) is 9.86. The van der Waals surface area contributed by atoms with Crippen molar-refractivity contribution in [2.24, 2.45) is 0 Å². The molecule has 1 aromatic carbocycles. The predicted octanol–water partition coefficient (Wildman–Crippen LogP) is 2.52. The first-order chi connectivity index (χ1) is 7.18. The monoisotopic (exact) mass is 223 g/mol. The molecule has 2 aromatic rings. The van der Waals surface area contributed by atoms with Crippen LogP contribution in [-0.2, 0) is 0 Å². The zero-order valence-electron chi connectivity index (χ0n) is 7.61. The maximum Gasteiger partial charge on any atom is 0.141 e. The zero-order valence-corrected chi connectivity index (χ0v) is 8.37. The van der Waals surface area contributed by atoms with Crippen molar-refractivity contribution in [2.45, 2.75) is 0 Å². The normalized spacial score (nSPS) is 10.3. The average molecular weight is 224 g/mol. The van der Waals surface area contributed by atoms with Crippen LogP contribution in [0.5, 0.6) is 0 Å². The molecule has 0 unspecified atom stereocenters. The molecule has 0 aliphatic carbocycles. The van der Waals surface area contributed by atoms with Gasteiger partial charge in [0.15, 0.2) is 0 Å². The highest BCUT2D eigenvalue weighted by atomic mass is 35.5. The van der Waals surface area contributed by atoms with Crippen LogP contribution in [0.3, 0.4) is 0 Å². The van der Waals surface area contributed by atoms with E-state index in [-0.39, 0.29) is 11.4 Å². The number of hydrogen-bond acceptors (Lipinski definition) is 3. The number of anilines is 1. The quantitative estimate of drug-likeness (QED) is 0.808. The minimum atomic E-state index is -0.429. The van der Waals surface area contributed by atoms with E-state index in [2.05, 4.69) is 9.97 Å². The predicted molar refractivity (Wildman–Crippen MR) is 56.8 cm³/mol. The molecule has 5 heteroatoms. The summed E-state index contributed by atoms with van der Waals surface area (Å²) in [4.78, 5) is 7.79. The lowest BCUT2D eigenvalue weighted by Crippen LogP contribution is -1.94. The van der Waals surface area contributed by atoms with E-state index in [1.165, 1.54) is 24.5 Å². The molecule has 3 nitrogen and oxygen atoms in total. The summed E-state index contributed by atoms with van der Waals surface area (Å²) in [5, 5.41) is 0.300. The summed E-state index contributed by atoms with van der Waals surface area (Å²) >= 11 is 5.86. The van der Waals surface area contributed by atoms with Crippen molar-refractivity contribution >= 4 is 17.4 Å². The van der Waals surface area contributed by atoms with E-state index in [4.69, 9.17) is 17.3 Å². The fourth-order valence-corrected chi connectivity index (χ4v) is 1.47. The summed E-state index contributed by atoms with van der Waals surface area (Å²) in [5.74, 6) is -0.146. The van der Waals surface area contributed by atoms with Crippen molar-refractivity contribution < 1.29 is 4.39 Å². The van der Waals surface area contributed by atoms with Crippen molar-refractivity contribution in [3.8, 4) is 11.3 Å². The minimum absolute atomic E-state index is 0.242. The second-order valence-corrected chi connectivity index (χ2v) is 3.33. The van der Waals surface area contributed by atoms with Crippen LogP contribution in [0.25, 0.3) is 11.3 Å². The summed E-state index contributed by atoms with van der Waals surface area (Å²) in [6.07, 6.45) is 2.75. The maximum atomic E-state index is 13.5. The Morgan fingerprint density at radius 2 is 2.00 bits per heavy atom. The molecule has 0 aliphatic rings. The van der Waals surface area contributed by atoms with Crippen LogP contribution in [0.15, 0.2) is 30.6 Å². The second-order valence-electron chi connectivity index (χ2n) is 2.92. The number of nitrogen functional groups attached to an aromatic ring is 1. The standard InChI is InChI=1S/C10H7ClFN3/c11-6-2-1-3-7(12)10(6)8-4-15-9(13)5-14-8/h1-5H,(H2,13,15).